The molecular formula is C16H20O4. The van der Waals surface area contributed by atoms with E-state index in [9.17, 15) is 9.59 Å². The van der Waals surface area contributed by atoms with E-state index in [1.165, 1.54) is 19.4 Å². The van der Waals surface area contributed by atoms with Crippen LogP contribution in [0, 0.1) is 0 Å². The Morgan fingerprint density at radius 2 is 1.85 bits per heavy atom. The van der Waals surface area contributed by atoms with Crippen molar-refractivity contribution in [1.29, 1.82) is 0 Å². The lowest BCUT2D eigenvalue weighted by atomic mass is 10.1. The molecule has 0 N–H and O–H groups in total. The molecule has 0 aromatic heterocycles. The second-order valence-corrected chi connectivity index (χ2v) is 4.44. The lowest BCUT2D eigenvalue weighted by Crippen LogP contribution is -2.19. The third-order valence-electron chi connectivity index (χ3n) is 2.50. The minimum absolute atomic E-state index is 0.499. The number of benzene rings is 1. The molecule has 108 valence electrons. The number of esters is 2. The van der Waals surface area contributed by atoms with Gasteiger partial charge in [0, 0.05) is 13.8 Å². The van der Waals surface area contributed by atoms with E-state index in [4.69, 9.17) is 9.47 Å². The zero-order valence-corrected chi connectivity index (χ0v) is 12.1. The summed E-state index contributed by atoms with van der Waals surface area (Å²) >= 11 is 0. The lowest BCUT2D eigenvalue weighted by Gasteiger charge is -2.12. The zero-order chi connectivity index (χ0) is 15.0. The number of rotatable bonds is 6. The number of carbonyl (C=O) groups is 2. The highest BCUT2D eigenvalue weighted by molar-refractivity contribution is 5.68. The van der Waals surface area contributed by atoms with Crippen molar-refractivity contribution in [3.8, 4) is 0 Å². The van der Waals surface area contributed by atoms with Crippen LogP contribution in [0.25, 0.3) is 6.08 Å². The van der Waals surface area contributed by atoms with Gasteiger partial charge in [-0.15, -0.1) is 0 Å². The summed E-state index contributed by atoms with van der Waals surface area (Å²) < 4.78 is 9.78. The van der Waals surface area contributed by atoms with Crippen LogP contribution in [0.3, 0.4) is 0 Å². The highest BCUT2D eigenvalue weighted by Gasteiger charge is 2.10. The van der Waals surface area contributed by atoms with E-state index in [-0.39, 0.29) is 0 Å². The third kappa shape index (κ3) is 6.18. The summed E-state index contributed by atoms with van der Waals surface area (Å²) in [5.74, 6) is -0.999. The maximum atomic E-state index is 10.9. The Hall–Kier alpha value is -2.10. The van der Waals surface area contributed by atoms with Crippen molar-refractivity contribution in [2.24, 2.45) is 0 Å². The zero-order valence-electron chi connectivity index (χ0n) is 12.1. The molecular weight excluding hydrogens is 256 g/mol. The fourth-order valence-electron chi connectivity index (χ4n) is 1.76. The second kappa shape index (κ2) is 8.15. The minimum Gasteiger partial charge on any atom is -0.421 e. The first-order chi connectivity index (χ1) is 9.51. The highest BCUT2D eigenvalue weighted by Crippen LogP contribution is 2.10. The highest BCUT2D eigenvalue weighted by atomic mass is 16.7. The molecule has 0 unspecified atom stereocenters. The lowest BCUT2D eigenvalue weighted by molar-refractivity contribution is -0.176. The Balaban J connectivity index is 2.77. The van der Waals surface area contributed by atoms with E-state index in [1.807, 2.05) is 12.1 Å². The van der Waals surface area contributed by atoms with Gasteiger partial charge in [-0.1, -0.05) is 43.7 Å². The van der Waals surface area contributed by atoms with Gasteiger partial charge in [-0.25, -0.2) is 0 Å². The second-order valence-electron chi connectivity index (χ2n) is 4.44. The summed E-state index contributed by atoms with van der Waals surface area (Å²) in [7, 11) is 0. The molecule has 1 aromatic rings. The molecule has 0 aliphatic carbocycles. The normalized spacial score (nSPS) is 10.8. The molecule has 0 spiro atoms. The van der Waals surface area contributed by atoms with E-state index in [1.54, 1.807) is 12.2 Å². The fourth-order valence-corrected chi connectivity index (χ4v) is 1.76. The molecule has 0 atom stereocenters. The molecule has 4 heteroatoms. The topological polar surface area (TPSA) is 52.6 Å². The number of hydrogen-bond acceptors (Lipinski definition) is 4. The van der Waals surface area contributed by atoms with Crippen molar-refractivity contribution in [3.63, 3.8) is 0 Å². The van der Waals surface area contributed by atoms with Crippen LogP contribution in [0.4, 0.5) is 0 Å². The average Bonchev–Trinajstić information content (AvgIpc) is 2.35. The third-order valence-corrected chi connectivity index (χ3v) is 2.50. The Morgan fingerprint density at radius 1 is 1.20 bits per heavy atom. The van der Waals surface area contributed by atoms with Crippen molar-refractivity contribution in [1.82, 2.24) is 0 Å². The van der Waals surface area contributed by atoms with Gasteiger partial charge >= 0.3 is 11.9 Å². The van der Waals surface area contributed by atoms with Gasteiger partial charge in [0.15, 0.2) is 0 Å². The Labute approximate surface area is 119 Å². The van der Waals surface area contributed by atoms with Crippen LogP contribution in [0.15, 0.2) is 30.3 Å². The van der Waals surface area contributed by atoms with Gasteiger partial charge < -0.3 is 9.47 Å². The number of aryl methyl sites for hydroxylation is 1. The quantitative estimate of drug-likeness (QED) is 0.592. The summed E-state index contributed by atoms with van der Waals surface area (Å²) in [5, 5.41) is 0. The van der Waals surface area contributed by atoms with Gasteiger partial charge in [0.25, 0.3) is 6.29 Å². The van der Waals surface area contributed by atoms with Crippen LogP contribution < -0.4 is 0 Å². The Bertz CT molecular complexity index is 475. The molecule has 0 heterocycles. The summed E-state index contributed by atoms with van der Waals surface area (Å²) in [6, 6.07) is 8.03. The largest absolute Gasteiger partial charge is 0.421 e. The Kier molecular flexibility index (Phi) is 6.50. The maximum Gasteiger partial charge on any atom is 0.305 e. The van der Waals surface area contributed by atoms with Gasteiger partial charge in [-0.2, -0.15) is 0 Å². The van der Waals surface area contributed by atoms with Crippen molar-refractivity contribution >= 4 is 18.0 Å². The molecule has 0 aliphatic rings. The molecule has 4 nitrogen and oxygen atoms in total. The minimum atomic E-state index is -0.986. The van der Waals surface area contributed by atoms with E-state index in [0.29, 0.717) is 0 Å². The molecule has 0 radical (unpaired) electrons. The number of ether oxygens (including phenoxy) is 2. The maximum absolute atomic E-state index is 10.9. The van der Waals surface area contributed by atoms with Gasteiger partial charge in [0.2, 0.25) is 0 Å². The predicted molar refractivity (Wildman–Crippen MR) is 76.8 cm³/mol. The predicted octanol–water partition coefficient (Wildman–Crippen LogP) is 3.10. The van der Waals surface area contributed by atoms with Crippen molar-refractivity contribution in [2.45, 2.75) is 39.9 Å². The van der Waals surface area contributed by atoms with E-state index >= 15 is 0 Å². The van der Waals surface area contributed by atoms with Crippen LogP contribution in [-0.2, 0) is 25.5 Å². The molecule has 0 bridgehead atoms. The van der Waals surface area contributed by atoms with Crippen molar-refractivity contribution in [3.05, 3.63) is 41.5 Å². The van der Waals surface area contributed by atoms with Crippen LogP contribution >= 0.6 is 0 Å². The molecule has 0 saturated carbocycles. The summed E-state index contributed by atoms with van der Waals surface area (Å²) in [6.45, 7) is 4.67. The van der Waals surface area contributed by atoms with Gasteiger partial charge in [0.1, 0.15) is 0 Å². The van der Waals surface area contributed by atoms with E-state index < -0.39 is 18.2 Å². The molecule has 0 aliphatic heterocycles. The monoisotopic (exact) mass is 276 g/mol. The average molecular weight is 276 g/mol. The van der Waals surface area contributed by atoms with Crippen LogP contribution in [0.2, 0.25) is 0 Å². The van der Waals surface area contributed by atoms with Crippen LogP contribution in [-0.4, -0.2) is 18.2 Å². The molecule has 0 fully saturated rings. The smallest absolute Gasteiger partial charge is 0.305 e. The standard InChI is InChI=1S/C16H20O4/c1-4-6-14-7-5-8-15(11-14)9-10-16(19-12(2)17)20-13(3)18/h5,7-11,16H,4,6H2,1-3H3. The van der Waals surface area contributed by atoms with Crippen LogP contribution in [0.1, 0.15) is 38.3 Å². The molecule has 0 amide bonds. The van der Waals surface area contributed by atoms with Gasteiger partial charge in [0.05, 0.1) is 0 Å². The molecule has 1 aromatic carbocycles. The molecule has 1 rings (SSSR count). The number of hydrogen-bond donors (Lipinski definition) is 0. The number of carbonyl (C=O) groups excluding carboxylic acids is 2. The van der Waals surface area contributed by atoms with Crippen LogP contribution in [0.5, 0.6) is 0 Å². The molecule has 20 heavy (non-hydrogen) atoms. The molecule has 0 saturated heterocycles. The Morgan fingerprint density at radius 3 is 2.40 bits per heavy atom. The van der Waals surface area contributed by atoms with E-state index in [2.05, 4.69) is 19.1 Å². The van der Waals surface area contributed by atoms with Crippen molar-refractivity contribution in [2.75, 3.05) is 0 Å². The van der Waals surface area contributed by atoms with Gasteiger partial charge in [-0.05, 0) is 23.6 Å². The summed E-state index contributed by atoms with van der Waals surface area (Å²) in [6.07, 6.45) is 4.43. The first kappa shape index (κ1) is 16.0. The first-order valence-corrected chi connectivity index (χ1v) is 6.63. The van der Waals surface area contributed by atoms with Gasteiger partial charge in [-0.3, -0.25) is 9.59 Å². The summed E-state index contributed by atoms with van der Waals surface area (Å²) in [5.41, 5.74) is 2.21. The van der Waals surface area contributed by atoms with E-state index in [0.717, 1.165) is 18.4 Å². The SMILES string of the molecule is CCCc1cccc(C=CC(OC(C)=O)OC(C)=O)c1. The summed E-state index contributed by atoms with van der Waals surface area (Å²) in [4.78, 5) is 21.9. The fraction of sp³-hybridized carbons (Fsp3) is 0.375. The first-order valence-electron chi connectivity index (χ1n) is 6.63. The van der Waals surface area contributed by atoms with Crippen molar-refractivity contribution < 1.29 is 19.1 Å².